The van der Waals surface area contributed by atoms with E-state index in [0.29, 0.717) is 11.9 Å². The number of hydrogen-bond acceptors (Lipinski definition) is 4. The molecule has 1 fully saturated rings. The smallest absolute Gasteiger partial charge is 0.225 e. The highest BCUT2D eigenvalue weighted by Gasteiger charge is 2.20. The van der Waals surface area contributed by atoms with Gasteiger partial charge < -0.3 is 9.64 Å². The van der Waals surface area contributed by atoms with Crippen LogP contribution < -0.4 is 4.90 Å². The first-order valence-corrected chi connectivity index (χ1v) is 6.02. The van der Waals surface area contributed by atoms with E-state index in [1.165, 1.54) is 0 Å². The predicted molar refractivity (Wildman–Crippen MR) is 63.8 cm³/mol. The van der Waals surface area contributed by atoms with Crippen LogP contribution in [-0.2, 0) is 10.6 Å². The van der Waals surface area contributed by atoms with E-state index in [9.17, 15) is 0 Å². The lowest BCUT2D eigenvalue weighted by Crippen LogP contribution is -2.37. The minimum Gasteiger partial charge on any atom is -0.381 e. The molecule has 2 heterocycles. The first-order chi connectivity index (χ1) is 7.81. The Labute approximate surface area is 101 Å². The summed E-state index contributed by atoms with van der Waals surface area (Å²) in [7, 11) is 2.03. The number of hydrogen-bond donors (Lipinski definition) is 0. The molecule has 0 aliphatic carbocycles. The molecule has 5 heteroatoms. The fraction of sp³-hybridized carbons (Fsp3) is 0.636. The highest BCUT2D eigenvalue weighted by molar-refractivity contribution is 6.17. The molecule has 16 heavy (non-hydrogen) atoms. The van der Waals surface area contributed by atoms with Crippen LogP contribution in [0.5, 0.6) is 0 Å². The molecule has 0 unspecified atom stereocenters. The van der Waals surface area contributed by atoms with Gasteiger partial charge in [0.1, 0.15) is 0 Å². The molecule has 1 saturated heterocycles. The van der Waals surface area contributed by atoms with Crippen molar-refractivity contribution in [1.29, 1.82) is 0 Å². The van der Waals surface area contributed by atoms with Crippen LogP contribution in [0.15, 0.2) is 12.4 Å². The summed E-state index contributed by atoms with van der Waals surface area (Å²) in [5, 5.41) is 0. The van der Waals surface area contributed by atoms with Gasteiger partial charge in [-0.05, 0) is 12.8 Å². The molecule has 2 rings (SSSR count). The minimum absolute atomic E-state index is 0.460. The zero-order valence-corrected chi connectivity index (χ0v) is 10.2. The third-order valence-corrected chi connectivity index (χ3v) is 3.21. The van der Waals surface area contributed by atoms with Crippen molar-refractivity contribution in [2.24, 2.45) is 0 Å². The first kappa shape index (κ1) is 11.6. The van der Waals surface area contributed by atoms with Gasteiger partial charge in [0.05, 0.1) is 5.88 Å². The van der Waals surface area contributed by atoms with Crippen molar-refractivity contribution in [3.8, 4) is 0 Å². The van der Waals surface area contributed by atoms with Crippen molar-refractivity contribution < 1.29 is 4.74 Å². The molecule has 1 aliphatic heterocycles. The van der Waals surface area contributed by atoms with Gasteiger partial charge in [-0.15, -0.1) is 11.6 Å². The number of rotatable bonds is 3. The molecule has 0 saturated carbocycles. The first-order valence-electron chi connectivity index (χ1n) is 5.48. The Bertz CT molecular complexity index is 325. The quantitative estimate of drug-likeness (QED) is 0.757. The Kier molecular flexibility index (Phi) is 3.96. The Morgan fingerprint density at radius 2 is 2.00 bits per heavy atom. The number of nitrogens with zero attached hydrogens (tertiary/aromatic N) is 3. The van der Waals surface area contributed by atoms with Gasteiger partial charge in [0.15, 0.2) is 0 Å². The summed E-state index contributed by atoms with van der Waals surface area (Å²) in [5.41, 5.74) is 0.950. The van der Waals surface area contributed by atoms with Crippen LogP contribution in [-0.4, -0.2) is 36.3 Å². The van der Waals surface area contributed by atoms with E-state index in [1.54, 1.807) is 12.4 Å². The molecule has 4 nitrogen and oxygen atoms in total. The Morgan fingerprint density at radius 1 is 1.38 bits per heavy atom. The molecule has 0 aromatic carbocycles. The van der Waals surface area contributed by atoms with Crippen LogP contribution in [0.1, 0.15) is 18.4 Å². The molecule has 1 aliphatic rings. The average molecular weight is 242 g/mol. The fourth-order valence-corrected chi connectivity index (χ4v) is 1.97. The van der Waals surface area contributed by atoms with E-state index < -0.39 is 0 Å². The maximum atomic E-state index is 5.70. The summed E-state index contributed by atoms with van der Waals surface area (Å²) in [5.74, 6) is 1.22. The standard InChI is InChI=1S/C11H16ClN3O/c1-15(10-2-4-16-5-3-10)11-13-7-9(6-12)8-14-11/h7-8,10H,2-6H2,1H3. The van der Waals surface area contributed by atoms with Crippen LogP contribution in [0.25, 0.3) is 0 Å². The van der Waals surface area contributed by atoms with Crippen molar-refractivity contribution >= 4 is 17.5 Å². The normalized spacial score (nSPS) is 17.4. The van der Waals surface area contributed by atoms with E-state index in [4.69, 9.17) is 16.3 Å². The zero-order chi connectivity index (χ0) is 11.4. The average Bonchev–Trinajstić information content (AvgIpc) is 2.39. The highest BCUT2D eigenvalue weighted by Crippen LogP contribution is 2.17. The van der Waals surface area contributed by atoms with Crippen LogP contribution >= 0.6 is 11.6 Å². The van der Waals surface area contributed by atoms with Gasteiger partial charge >= 0.3 is 0 Å². The number of alkyl halides is 1. The molecule has 0 bridgehead atoms. The van der Waals surface area contributed by atoms with Crippen molar-refractivity contribution in [3.05, 3.63) is 18.0 Å². The summed E-state index contributed by atoms with van der Waals surface area (Å²) in [6.45, 7) is 1.66. The van der Waals surface area contributed by atoms with Crippen LogP contribution in [0.3, 0.4) is 0 Å². The number of halogens is 1. The minimum atomic E-state index is 0.460. The van der Waals surface area contributed by atoms with Gasteiger partial charge in [0.2, 0.25) is 5.95 Å². The van der Waals surface area contributed by atoms with Gasteiger partial charge in [-0.25, -0.2) is 9.97 Å². The molecule has 0 spiro atoms. The van der Waals surface area contributed by atoms with E-state index in [2.05, 4.69) is 14.9 Å². The Balaban J connectivity index is 2.04. The molecule has 88 valence electrons. The molecule has 0 N–H and O–H groups in total. The van der Waals surface area contributed by atoms with Gasteiger partial charge in [0.25, 0.3) is 0 Å². The van der Waals surface area contributed by atoms with Crippen molar-refractivity contribution in [2.45, 2.75) is 24.8 Å². The van der Waals surface area contributed by atoms with Crippen molar-refractivity contribution in [1.82, 2.24) is 9.97 Å². The van der Waals surface area contributed by atoms with E-state index in [1.807, 2.05) is 7.05 Å². The SMILES string of the molecule is CN(c1ncc(CCl)cn1)C1CCOCC1. The van der Waals surface area contributed by atoms with Crippen molar-refractivity contribution in [3.63, 3.8) is 0 Å². The summed E-state index contributed by atoms with van der Waals surface area (Å²) >= 11 is 5.70. The third kappa shape index (κ3) is 2.62. The number of anilines is 1. The van der Waals surface area contributed by atoms with Crippen LogP contribution in [0.2, 0.25) is 0 Å². The molecule has 1 aromatic rings. The predicted octanol–water partition coefficient (Wildman–Crippen LogP) is 1.83. The molecule has 0 radical (unpaired) electrons. The summed E-state index contributed by atoms with van der Waals surface area (Å²) < 4.78 is 5.34. The highest BCUT2D eigenvalue weighted by atomic mass is 35.5. The molecule has 0 atom stereocenters. The molecule has 1 aromatic heterocycles. The van der Waals surface area contributed by atoms with Gasteiger partial charge in [-0.3, -0.25) is 0 Å². The molecular weight excluding hydrogens is 226 g/mol. The Hall–Kier alpha value is -0.870. The summed E-state index contributed by atoms with van der Waals surface area (Å²) in [6, 6.07) is 0.482. The summed E-state index contributed by atoms with van der Waals surface area (Å²) in [4.78, 5) is 10.8. The Morgan fingerprint density at radius 3 is 2.56 bits per heavy atom. The van der Waals surface area contributed by atoms with E-state index in [-0.39, 0.29) is 0 Å². The summed E-state index contributed by atoms with van der Waals surface area (Å²) in [6.07, 6.45) is 5.64. The number of aromatic nitrogens is 2. The number of ether oxygens (including phenoxy) is 1. The zero-order valence-electron chi connectivity index (χ0n) is 9.40. The maximum Gasteiger partial charge on any atom is 0.225 e. The third-order valence-electron chi connectivity index (χ3n) is 2.90. The maximum absolute atomic E-state index is 5.70. The lowest BCUT2D eigenvalue weighted by molar-refractivity contribution is 0.0852. The second-order valence-electron chi connectivity index (χ2n) is 3.98. The van der Waals surface area contributed by atoms with Gasteiger partial charge in [-0.2, -0.15) is 0 Å². The lowest BCUT2D eigenvalue weighted by atomic mass is 10.1. The second kappa shape index (κ2) is 5.46. The molecular formula is C11H16ClN3O. The second-order valence-corrected chi connectivity index (χ2v) is 4.25. The topological polar surface area (TPSA) is 38.2 Å². The molecule has 0 amide bonds. The lowest BCUT2D eigenvalue weighted by Gasteiger charge is -2.31. The van der Waals surface area contributed by atoms with Crippen LogP contribution in [0, 0.1) is 0 Å². The van der Waals surface area contributed by atoms with Gasteiger partial charge in [-0.1, -0.05) is 0 Å². The van der Waals surface area contributed by atoms with Crippen LogP contribution in [0.4, 0.5) is 5.95 Å². The van der Waals surface area contributed by atoms with Gasteiger partial charge in [0, 0.05) is 44.3 Å². The monoisotopic (exact) mass is 241 g/mol. The van der Waals surface area contributed by atoms with Crippen molar-refractivity contribution in [2.75, 3.05) is 25.2 Å². The van der Waals surface area contributed by atoms with E-state index >= 15 is 0 Å². The van der Waals surface area contributed by atoms with E-state index in [0.717, 1.165) is 37.6 Å². The fourth-order valence-electron chi connectivity index (χ4n) is 1.83. The largest absolute Gasteiger partial charge is 0.381 e.